The van der Waals surface area contributed by atoms with Crippen LogP contribution >= 0.6 is 0 Å². The van der Waals surface area contributed by atoms with Gasteiger partial charge in [0.1, 0.15) is 12.1 Å². The van der Waals surface area contributed by atoms with Crippen molar-refractivity contribution in [1.29, 1.82) is 0 Å². The van der Waals surface area contributed by atoms with Crippen molar-refractivity contribution < 1.29 is 19.2 Å². The molecule has 0 aliphatic rings. The second-order valence-electron chi connectivity index (χ2n) is 4.39. The fourth-order valence-corrected chi connectivity index (χ4v) is 1.44. The lowest BCUT2D eigenvalue weighted by atomic mass is 10.2. The van der Waals surface area contributed by atoms with Crippen LogP contribution in [0.5, 0.6) is 0 Å². The van der Waals surface area contributed by atoms with Crippen LogP contribution in [0.4, 0.5) is 0 Å². The summed E-state index contributed by atoms with van der Waals surface area (Å²) in [7, 11) is 1.59. The van der Waals surface area contributed by atoms with Gasteiger partial charge in [-0.1, -0.05) is 0 Å². The molecule has 2 unspecified atom stereocenters. The minimum atomic E-state index is -0.755. The van der Waals surface area contributed by atoms with Gasteiger partial charge in [0.25, 0.3) is 0 Å². The number of carbonyl (C=O) groups excluding carboxylic acids is 4. The molecule has 0 bridgehead atoms. The fourth-order valence-electron chi connectivity index (χ4n) is 1.44. The molecule has 0 aliphatic carbocycles. The van der Waals surface area contributed by atoms with Gasteiger partial charge in [-0.15, -0.1) is 0 Å². The molecule has 8 heteroatoms. The molecule has 4 N–H and O–H groups in total. The first-order valence-corrected chi connectivity index (χ1v) is 6.24. The number of Topliss-reactive ketones (excluding diaryl/α,β-unsaturated/α-hetero) is 1. The topological polar surface area (TPSA) is 116 Å². The van der Waals surface area contributed by atoms with Crippen molar-refractivity contribution in [3.8, 4) is 0 Å². The van der Waals surface area contributed by atoms with Crippen LogP contribution in [-0.2, 0) is 19.2 Å². The smallest absolute Gasteiger partial charge is 0.239 e. The van der Waals surface area contributed by atoms with E-state index in [-0.39, 0.29) is 36.6 Å². The number of amides is 3. The van der Waals surface area contributed by atoms with E-state index in [1.165, 1.54) is 20.8 Å². The minimum Gasteiger partial charge on any atom is -0.354 e. The third-order valence-electron chi connectivity index (χ3n) is 2.57. The first-order valence-electron chi connectivity index (χ1n) is 6.24. The average molecular weight is 286 g/mol. The molecule has 0 aromatic heterocycles. The van der Waals surface area contributed by atoms with Gasteiger partial charge in [0.15, 0.2) is 5.78 Å². The van der Waals surface area contributed by atoms with E-state index >= 15 is 0 Å². The molecule has 0 heterocycles. The van der Waals surface area contributed by atoms with E-state index < -0.39 is 12.1 Å². The van der Waals surface area contributed by atoms with Crippen molar-refractivity contribution in [3.05, 3.63) is 0 Å². The van der Waals surface area contributed by atoms with Crippen molar-refractivity contribution in [3.63, 3.8) is 0 Å². The van der Waals surface area contributed by atoms with Crippen LogP contribution in [0.1, 0.15) is 20.8 Å². The molecule has 0 fully saturated rings. The Hall–Kier alpha value is -1.96. The molecular weight excluding hydrogens is 264 g/mol. The Bertz CT molecular complexity index is 384. The fraction of sp³-hybridized carbons (Fsp3) is 0.667. The highest BCUT2D eigenvalue weighted by Crippen LogP contribution is 1.88. The van der Waals surface area contributed by atoms with Crippen LogP contribution in [0.2, 0.25) is 0 Å². The maximum atomic E-state index is 11.9. The molecule has 114 valence electrons. The highest BCUT2D eigenvalue weighted by Gasteiger charge is 2.20. The normalized spacial score (nSPS) is 13.0. The number of likely N-dealkylation sites (N-methyl/N-ethyl adjacent to an activating group) is 1. The van der Waals surface area contributed by atoms with Gasteiger partial charge in [-0.2, -0.15) is 0 Å². The summed E-state index contributed by atoms with van der Waals surface area (Å²) < 4.78 is 0. The van der Waals surface area contributed by atoms with E-state index in [2.05, 4.69) is 21.3 Å². The van der Waals surface area contributed by atoms with Crippen molar-refractivity contribution in [2.24, 2.45) is 0 Å². The number of ketones is 1. The molecule has 0 saturated carbocycles. The zero-order valence-corrected chi connectivity index (χ0v) is 12.2. The van der Waals surface area contributed by atoms with Crippen molar-refractivity contribution in [1.82, 2.24) is 21.3 Å². The molecule has 0 rings (SSSR count). The van der Waals surface area contributed by atoms with Gasteiger partial charge in [-0.25, -0.2) is 0 Å². The van der Waals surface area contributed by atoms with E-state index in [1.807, 2.05) is 0 Å². The molecule has 8 nitrogen and oxygen atoms in total. The van der Waals surface area contributed by atoms with Gasteiger partial charge in [-0.05, 0) is 14.0 Å². The molecule has 0 saturated heterocycles. The SMILES string of the molecule is CNC(CNC(C)=O)C(=O)NCC(NC(C)=O)C(C)=O. The number of hydrogen-bond acceptors (Lipinski definition) is 5. The average Bonchev–Trinajstić information content (AvgIpc) is 2.33. The summed E-state index contributed by atoms with van der Waals surface area (Å²) in [5.74, 6) is -1.19. The van der Waals surface area contributed by atoms with Crippen LogP contribution in [-0.4, -0.2) is 55.7 Å². The molecule has 0 spiro atoms. The highest BCUT2D eigenvalue weighted by atomic mass is 16.2. The summed E-state index contributed by atoms with van der Waals surface area (Å²) >= 11 is 0. The lowest BCUT2D eigenvalue weighted by molar-refractivity contribution is -0.127. The standard InChI is InChI=1S/C12H22N4O4/c1-7(17)10(16-9(3)19)5-15-12(20)11(13-4)6-14-8(2)18/h10-11,13H,5-6H2,1-4H3,(H,14,18)(H,15,20)(H,16,19). The van der Waals surface area contributed by atoms with Gasteiger partial charge in [0.2, 0.25) is 17.7 Å². The van der Waals surface area contributed by atoms with E-state index in [0.29, 0.717) is 0 Å². The Morgan fingerprint density at radius 2 is 1.40 bits per heavy atom. The summed E-state index contributed by atoms with van der Waals surface area (Å²) in [6.07, 6.45) is 0. The quantitative estimate of drug-likeness (QED) is 0.409. The predicted octanol–water partition coefficient (Wildman–Crippen LogP) is -2.08. The molecule has 20 heavy (non-hydrogen) atoms. The Labute approximate surface area is 118 Å². The Balaban J connectivity index is 4.37. The van der Waals surface area contributed by atoms with Gasteiger partial charge >= 0.3 is 0 Å². The summed E-state index contributed by atoms with van der Waals surface area (Å²) in [6.45, 7) is 4.13. The summed E-state index contributed by atoms with van der Waals surface area (Å²) in [6, 6.07) is -1.36. The van der Waals surface area contributed by atoms with E-state index in [4.69, 9.17) is 0 Å². The van der Waals surface area contributed by atoms with Crippen LogP contribution < -0.4 is 21.3 Å². The number of rotatable bonds is 8. The third kappa shape index (κ3) is 7.47. The van der Waals surface area contributed by atoms with Crippen LogP contribution in [0.15, 0.2) is 0 Å². The number of nitrogens with one attached hydrogen (secondary N) is 4. The molecular formula is C12H22N4O4. The van der Waals surface area contributed by atoms with Gasteiger partial charge < -0.3 is 21.3 Å². The minimum absolute atomic E-state index is 0.00595. The van der Waals surface area contributed by atoms with Crippen molar-refractivity contribution in [2.75, 3.05) is 20.1 Å². The highest BCUT2D eigenvalue weighted by molar-refractivity contribution is 5.88. The van der Waals surface area contributed by atoms with Gasteiger partial charge in [-0.3, -0.25) is 19.2 Å². The number of carbonyl (C=O) groups is 4. The zero-order chi connectivity index (χ0) is 15.7. The first-order chi connectivity index (χ1) is 9.27. The molecule has 0 aromatic carbocycles. The third-order valence-corrected chi connectivity index (χ3v) is 2.57. The predicted molar refractivity (Wildman–Crippen MR) is 72.8 cm³/mol. The second kappa shape index (κ2) is 9.03. The van der Waals surface area contributed by atoms with Crippen LogP contribution in [0.3, 0.4) is 0 Å². The molecule has 0 radical (unpaired) electrons. The largest absolute Gasteiger partial charge is 0.354 e. The zero-order valence-electron chi connectivity index (χ0n) is 12.2. The Morgan fingerprint density at radius 3 is 1.80 bits per heavy atom. The van der Waals surface area contributed by atoms with Gasteiger partial charge in [0.05, 0.1) is 0 Å². The summed E-state index contributed by atoms with van der Waals surface area (Å²) in [4.78, 5) is 44.9. The Kier molecular flexibility index (Phi) is 8.14. The van der Waals surface area contributed by atoms with E-state index in [0.717, 1.165) is 0 Å². The van der Waals surface area contributed by atoms with E-state index in [1.54, 1.807) is 7.05 Å². The lowest BCUT2D eigenvalue weighted by Crippen LogP contribution is -2.53. The van der Waals surface area contributed by atoms with Crippen molar-refractivity contribution >= 4 is 23.5 Å². The lowest BCUT2D eigenvalue weighted by Gasteiger charge is -2.19. The molecule has 3 amide bonds. The van der Waals surface area contributed by atoms with Crippen LogP contribution in [0.25, 0.3) is 0 Å². The first kappa shape index (κ1) is 18.0. The van der Waals surface area contributed by atoms with Crippen LogP contribution in [0, 0.1) is 0 Å². The monoisotopic (exact) mass is 286 g/mol. The Morgan fingerprint density at radius 1 is 0.850 bits per heavy atom. The second-order valence-corrected chi connectivity index (χ2v) is 4.39. The van der Waals surface area contributed by atoms with Crippen molar-refractivity contribution in [2.45, 2.75) is 32.9 Å². The molecule has 2 atom stereocenters. The summed E-state index contributed by atoms with van der Waals surface area (Å²) in [5.41, 5.74) is 0. The maximum absolute atomic E-state index is 11.9. The molecule has 0 aromatic rings. The maximum Gasteiger partial charge on any atom is 0.239 e. The van der Waals surface area contributed by atoms with E-state index in [9.17, 15) is 19.2 Å². The molecule has 0 aliphatic heterocycles. The summed E-state index contributed by atoms with van der Waals surface area (Å²) in [5, 5.41) is 10.3. The van der Waals surface area contributed by atoms with Gasteiger partial charge in [0, 0.05) is 26.9 Å². The number of hydrogen-bond donors (Lipinski definition) is 4.